The van der Waals surface area contributed by atoms with Crippen LogP contribution in [0.25, 0.3) is 0 Å². The van der Waals surface area contributed by atoms with Crippen molar-refractivity contribution in [2.75, 3.05) is 5.32 Å². The van der Waals surface area contributed by atoms with E-state index < -0.39 is 32.5 Å². The smallest absolute Gasteiger partial charge is 0.275 e. The normalized spacial score (nSPS) is 11.2. The maximum absolute atomic E-state index is 13.0. The molecule has 3 rings (SSSR count). The molecule has 0 saturated carbocycles. The number of aryl methyl sites for hydroxylation is 1. The van der Waals surface area contributed by atoms with Crippen LogP contribution in [0, 0.1) is 12.7 Å². The molecule has 28 heavy (non-hydrogen) atoms. The molecule has 1 aromatic heterocycles. The van der Waals surface area contributed by atoms with E-state index in [0.29, 0.717) is 11.3 Å². The number of carbonyl (C=O) groups is 1. The first kappa shape index (κ1) is 19.9. The summed E-state index contributed by atoms with van der Waals surface area (Å²) in [5.41, 5.74) is 1.65. The Bertz CT molecular complexity index is 1120. The number of rotatable bonds is 5. The lowest BCUT2D eigenvalue weighted by molar-refractivity contribution is 0.102. The van der Waals surface area contributed by atoms with E-state index in [0.717, 1.165) is 23.9 Å². The molecule has 9 heteroatoms. The summed E-state index contributed by atoms with van der Waals surface area (Å²) in [6.07, 6.45) is 1.07. The summed E-state index contributed by atoms with van der Waals surface area (Å²) < 4.78 is 38.1. The number of sulfone groups is 1. The zero-order valence-electron chi connectivity index (χ0n) is 14.7. The molecule has 6 nitrogen and oxygen atoms in total. The van der Waals surface area contributed by atoms with Crippen LogP contribution in [0.3, 0.4) is 0 Å². The Morgan fingerprint density at radius 3 is 2.39 bits per heavy atom. The second-order valence-electron chi connectivity index (χ2n) is 6.05. The first-order valence-electron chi connectivity index (χ1n) is 8.12. The highest BCUT2D eigenvalue weighted by molar-refractivity contribution is 7.90. The fraction of sp³-hybridized carbons (Fsp3) is 0.105. The molecule has 1 amide bonds. The second kappa shape index (κ2) is 8.04. The molecule has 0 aliphatic carbocycles. The molecular weight excluding hydrogens is 405 g/mol. The molecule has 0 aliphatic heterocycles. The predicted molar refractivity (Wildman–Crippen MR) is 103 cm³/mol. The minimum Gasteiger partial charge on any atom is -0.321 e. The van der Waals surface area contributed by atoms with Crippen LogP contribution in [0.2, 0.25) is 5.02 Å². The number of nitrogens with one attached hydrogen (secondary N) is 1. The van der Waals surface area contributed by atoms with Crippen LogP contribution >= 0.6 is 11.6 Å². The van der Waals surface area contributed by atoms with Gasteiger partial charge in [0.15, 0.2) is 5.69 Å². The number of hydrogen-bond acceptors (Lipinski definition) is 5. The van der Waals surface area contributed by atoms with Crippen LogP contribution in [0.1, 0.15) is 21.6 Å². The van der Waals surface area contributed by atoms with E-state index in [1.807, 2.05) is 19.1 Å². The van der Waals surface area contributed by atoms with Crippen molar-refractivity contribution >= 4 is 33.0 Å². The Labute approximate surface area is 166 Å². The Morgan fingerprint density at radius 2 is 1.75 bits per heavy atom. The Balaban J connectivity index is 1.86. The minimum absolute atomic E-state index is 0.0784. The van der Waals surface area contributed by atoms with Crippen LogP contribution in [-0.2, 0) is 15.6 Å². The summed E-state index contributed by atoms with van der Waals surface area (Å²) in [4.78, 5) is 20.1. The maximum Gasteiger partial charge on any atom is 0.275 e. The molecule has 0 radical (unpaired) electrons. The lowest BCUT2D eigenvalue weighted by Crippen LogP contribution is -2.18. The Morgan fingerprint density at radius 1 is 1.11 bits per heavy atom. The van der Waals surface area contributed by atoms with Gasteiger partial charge in [-0.3, -0.25) is 4.79 Å². The first-order chi connectivity index (χ1) is 13.2. The van der Waals surface area contributed by atoms with Gasteiger partial charge in [0.1, 0.15) is 5.82 Å². The van der Waals surface area contributed by atoms with Gasteiger partial charge >= 0.3 is 0 Å². The first-order valence-corrected chi connectivity index (χ1v) is 10.2. The lowest BCUT2D eigenvalue weighted by Gasteiger charge is -2.08. The third kappa shape index (κ3) is 4.71. The van der Waals surface area contributed by atoms with E-state index in [1.165, 1.54) is 12.1 Å². The van der Waals surface area contributed by atoms with E-state index in [4.69, 9.17) is 11.6 Å². The third-order valence-electron chi connectivity index (χ3n) is 3.79. The van der Waals surface area contributed by atoms with Crippen molar-refractivity contribution in [3.05, 3.63) is 82.4 Å². The second-order valence-corrected chi connectivity index (χ2v) is 8.35. The summed E-state index contributed by atoms with van der Waals surface area (Å²) in [5, 5.41) is 2.00. The maximum atomic E-state index is 13.0. The summed E-state index contributed by atoms with van der Waals surface area (Å²) in [6, 6.07) is 12.1. The molecule has 0 aliphatic rings. The van der Waals surface area contributed by atoms with E-state index in [2.05, 4.69) is 15.3 Å². The SMILES string of the molecule is Cc1ccc(NC(=O)c2nc(S(=O)(=O)Cc3ccc(F)cc3)ncc2Cl)cc1. The molecule has 144 valence electrons. The van der Waals surface area contributed by atoms with Gasteiger partial charge in [-0.15, -0.1) is 0 Å². The van der Waals surface area contributed by atoms with Gasteiger partial charge in [0.05, 0.1) is 17.0 Å². The number of aromatic nitrogens is 2. The number of halogens is 2. The van der Waals surface area contributed by atoms with Crippen molar-refractivity contribution in [2.24, 2.45) is 0 Å². The van der Waals surface area contributed by atoms with Gasteiger partial charge in [-0.2, -0.15) is 0 Å². The van der Waals surface area contributed by atoms with E-state index >= 15 is 0 Å². The molecule has 2 aromatic carbocycles. The van der Waals surface area contributed by atoms with Crippen molar-refractivity contribution in [2.45, 2.75) is 17.8 Å². The molecule has 0 bridgehead atoms. The summed E-state index contributed by atoms with van der Waals surface area (Å²) in [5.74, 6) is -1.57. The largest absolute Gasteiger partial charge is 0.321 e. The average molecular weight is 420 g/mol. The average Bonchev–Trinajstić information content (AvgIpc) is 2.65. The third-order valence-corrected chi connectivity index (χ3v) is 5.54. The van der Waals surface area contributed by atoms with Crippen LogP contribution in [0.15, 0.2) is 59.9 Å². The number of carbonyl (C=O) groups excluding carboxylic acids is 1. The van der Waals surface area contributed by atoms with Crippen molar-refractivity contribution in [3.8, 4) is 0 Å². The fourth-order valence-electron chi connectivity index (χ4n) is 2.35. The zero-order valence-corrected chi connectivity index (χ0v) is 16.3. The standard InChI is InChI=1S/C19H15ClFN3O3S/c1-12-2-8-15(9-3-12)23-18(25)17-16(20)10-22-19(24-17)28(26,27)11-13-4-6-14(21)7-5-13/h2-10H,11H2,1H3,(H,23,25). The molecule has 1 heterocycles. The van der Waals surface area contributed by atoms with Gasteiger partial charge in [-0.05, 0) is 36.8 Å². The molecule has 0 saturated heterocycles. The van der Waals surface area contributed by atoms with Crippen molar-refractivity contribution in [1.82, 2.24) is 9.97 Å². The number of benzene rings is 2. The van der Waals surface area contributed by atoms with Gasteiger partial charge in [0.25, 0.3) is 5.91 Å². The quantitative estimate of drug-likeness (QED) is 0.635. The minimum atomic E-state index is -3.96. The summed E-state index contributed by atoms with van der Waals surface area (Å²) in [6.45, 7) is 1.91. The lowest BCUT2D eigenvalue weighted by atomic mass is 10.2. The molecule has 0 atom stereocenters. The van der Waals surface area contributed by atoms with Crippen LogP contribution < -0.4 is 5.32 Å². The topological polar surface area (TPSA) is 89.0 Å². The van der Waals surface area contributed by atoms with Crippen molar-refractivity contribution in [3.63, 3.8) is 0 Å². The van der Waals surface area contributed by atoms with Crippen molar-refractivity contribution in [1.29, 1.82) is 0 Å². The summed E-state index contributed by atoms with van der Waals surface area (Å²) in [7, 11) is -3.96. The van der Waals surface area contributed by atoms with Gasteiger partial charge < -0.3 is 5.32 Å². The van der Waals surface area contributed by atoms with Crippen LogP contribution in [-0.4, -0.2) is 24.3 Å². The van der Waals surface area contributed by atoms with E-state index in [-0.39, 0.29) is 10.7 Å². The molecule has 0 fully saturated rings. The van der Waals surface area contributed by atoms with Crippen molar-refractivity contribution < 1.29 is 17.6 Å². The molecule has 1 N–H and O–H groups in total. The van der Waals surface area contributed by atoms with Gasteiger partial charge in [0.2, 0.25) is 15.0 Å². The highest BCUT2D eigenvalue weighted by Gasteiger charge is 2.23. The molecule has 0 unspecified atom stereocenters. The molecule has 0 spiro atoms. The summed E-state index contributed by atoms with van der Waals surface area (Å²) >= 11 is 5.99. The van der Waals surface area contributed by atoms with Gasteiger partial charge in [0, 0.05) is 5.69 Å². The van der Waals surface area contributed by atoms with Crippen LogP contribution in [0.5, 0.6) is 0 Å². The van der Waals surface area contributed by atoms with E-state index in [1.54, 1.807) is 12.1 Å². The van der Waals surface area contributed by atoms with Gasteiger partial charge in [-0.1, -0.05) is 41.4 Å². The fourth-order valence-corrected chi connectivity index (χ4v) is 3.73. The number of hydrogen-bond donors (Lipinski definition) is 1. The van der Waals surface area contributed by atoms with Crippen LogP contribution in [0.4, 0.5) is 10.1 Å². The number of anilines is 1. The Hall–Kier alpha value is -2.84. The highest BCUT2D eigenvalue weighted by atomic mass is 35.5. The predicted octanol–water partition coefficient (Wildman–Crippen LogP) is 3.80. The highest BCUT2D eigenvalue weighted by Crippen LogP contribution is 2.19. The monoisotopic (exact) mass is 419 g/mol. The zero-order chi connectivity index (χ0) is 20.3. The molecular formula is C19H15ClFN3O3S. The number of amides is 1. The Kier molecular flexibility index (Phi) is 5.71. The number of nitrogens with zero attached hydrogens (tertiary/aromatic N) is 2. The molecule has 3 aromatic rings. The van der Waals surface area contributed by atoms with Gasteiger partial charge in [-0.25, -0.2) is 22.8 Å². The van der Waals surface area contributed by atoms with E-state index in [9.17, 15) is 17.6 Å².